The zero-order valence-electron chi connectivity index (χ0n) is 17.6. The second kappa shape index (κ2) is 11.8. The van der Waals surface area contributed by atoms with Crippen LogP contribution in [0.25, 0.3) is 10.2 Å². The second-order valence-corrected chi connectivity index (χ2v) is 10.9. The number of thioether (sulfide) groups is 2. The minimum Gasteiger partial charge on any atom is -0.378 e. The van der Waals surface area contributed by atoms with Crippen LogP contribution in [0.5, 0.6) is 0 Å². The molecule has 1 fully saturated rings. The van der Waals surface area contributed by atoms with Crippen LogP contribution >= 0.6 is 47.1 Å². The summed E-state index contributed by atoms with van der Waals surface area (Å²) in [6.45, 7) is 2.87. The van der Waals surface area contributed by atoms with Gasteiger partial charge >= 0.3 is 0 Å². The van der Waals surface area contributed by atoms with E-state index >= 15 is 0 Å². The Bertz CT molecular complexity index is 1130. The molecule has 1 saturated heterocycles. The van der Waals surface area contributed by atoms with Crippen molar-refractivity contribution in [3.8, 4) is 0 Å². The van der Waals surface area contributed by atoms with Crippen molar-refractivity contribution in [1.82, 2.24) is 9.88 Å². The average Bonchev–Trinajstić information content (AvgIpc) is 3.25. The smallest absolute Gasteiger partial charge is 0.234 e. The molecule has 0 bridgehead atoms. The number of carbonyl (C=O) groups excluding carboxylic acids is 2. The van der Waals surface area contributed by atoms with Crippen LogP contribution in [-0.4, -0.2) is 63.8 Å². The first-order valence-electron chi connectivity index (χ1n) is 10.2. The molecule has 2 aromatic carbocycles. The van der Waals surface area contributed by atoms with Crippen LogP contribution in [0.3, 0.4) is 0 Å². The van der Waals surface area contributed by atoms with E-state index in [4.69, 9.17) is 17.0 Å². The number of benzene rings is 2. The molecule has 0 aliphatic carbocycles. The number of rotatable bonds is 7. The molecule has 0 atom stereocenters. The van der Waals surface area contributed by atoms with Gasteiger partial charge in [0, 0.05) is 24.5 Å². The molecule has 11 heteroatoms. The van der Waals surface area contributed by atoms with Crippen molar-refractivity contribution in [3.05, 3.63) is 48.5 Å². The number of aromatic nitrogens is 1. The second-order valence-electron chi connectivity index (χ2n) is 7.07. The quantitative estimate of drug-likeness (QED) is 0.354. The summed E-state index contributed by atoms with van der Waals surface area (Å²) in [4.78, 5) is 31.2. The summed E-state index contributed by atoms with van der Waals surface area (Å²) < 4.78 is 7.82. The summed E-state index contributed by atoms with van der Waals surface area (Å²) in [6.07, 6.45) is 0. The van der Waals surface area contributed by atoms with Gasteiger partial charge in [0.15, 0.2) is 4.34 Å². The number of thiocarbonyl (C=S) groups is 1. The molecule has 2 N–H and O–H groups in total. The van der Waals surface area contributed by atoms with Crippen molar-refractivity contribution >= 4 is 84.8 Å². The number of amides is 2. The third-order valence-electron chi connectivity index (χ3n) is 4.63. The maximum absolute atomic E-state index is 12.4. The van der Waals surface area contributed by atoms with Gasteiger partial charge in [-0.2, -0.15) is 0 Å². The Kier molecular flexibility index (Phi) is 8.57. The molecule has 33 heavy (non-hydrogen) atoms. The predicted molar refractivity (Wildman–Crippen MR) is 141 cm³/mol. The number of ether oxygens (including phenoxy) is 1. The van der Waals surface area contributed by atoms with Crippen LogP contribution in [0.2, 0.25) is 0 Å². The summed E-state index contributed by atoms with van der Waals surface area (Å²) in [5, 5.41) is 5.79. The van der Waals surface area contributed by atoms with Crippen molar-refractivity contribution in [2.75, 3.05) is 48.4 Å². The van der Waals surface area contributed by atoms with E-state index in [1.165, 1.54) is 34.9 Å². The van der Waals surface area contributed by atoms with E-state index in [1.807, 2.05) is 48.5 Å². The van der Waals surface area contributed by atoms with Crippen molar-refractivity contribution in [2.24, 2.45) is 0 Å². The number of morpholine rings is 1. The highest BCUT2D eigenvalue weighted by Gasteiger charge is 2.16. The molecule has 0 saturated carbocycles. The largest absolute Gasteiger partial charge is 0.378 e. The van der Waals surface area contributed by atoms with Gasteiger partial charge in [-0.3, -0.25) is 9.59 Å². The van der Waals surface area contributed by atoms with Crippen molar-refractivity contribution < 1.29 is 14.3 Å². The lowest BCUT2D eigenvalue weighted by Crippen LogP contribution is -2.39. The van der Waals surface area contributed by atoms with Crippen LogP contribution in [-0.2, 0) is 14.3 Å². The zero-order valence-corrected chi connectivity index (χ0v) is 20.9. The molecule has 3 aromatic rings. The lowest BCUT2D eigenvalue weighted by molar-refractivity contribution is -0.114. The molecule has 172 valence electrons. The van der Waals surface area contributed by atoms with Gasteiger partial charge in [-0.05, 0) is 30.3 Å². The molecule has 0 spiro atoms. The number of hydrogen-bond acceptors (Lipinski definition) is 8. The number of carbonyl (C=O) groups is 2. The van der Waals surface area contributed by atoms with Gasteiger partial charge in [0.25, 0.3) is 0 Å². The third-order valence-corrected chi connectivity index (χ3v) is 8.32. The van der Waals surface area contributed by atoms with Crippen LogP contribution < -0.4 is 10.6 Å². The zero-order chi connectivity index (χ0) is 23.0. The van der Waals surface area contributed by atoms with Crippen LogP contribution in [0.4, 0.5) is 11.4 Å². The average molecular weight is 519 g/mol. The molecule has 0 unspecified atom stereocenters. The number of thiazole rings is 1. The standard InChI is InChI=1S/C22H22N4O3S4/c27-19(23-15-4-2-1-3-5-15)13-31-21-25-17-7-6-16(12-18(17)33-21)24-20(28)14-32-22(30)26-8-10-29-11-9-26/h1-7,12H,8-11,13-14H2,(H,23,27)(H,24,28). The first-order chi connectivity index (χ1) is 16.1. The van der Waals surface area contributed by atoms with E-state index < -0.39 is 0 Å². The Morgan fingerprint density at radius 1 is 1.03 bits per heavy atom. The molecule has 7 nitrogen and oxygen atoms in total. The fourth-order valence-electron chi connectivity index (χ4n) is 3.05. The van der Waals surface area contributed by atoms with Crippen LogP contribution in [0, 0.1) is 0 Å². The van der Waals surface area contributed by atoms with Crippen LogP contribution in [0.1, 0.15) is 0 Å². The fourth-order valence-corrected chi connectivity index (χ4v) is 6.01. The van der Waals surface area contributed by atoms with E-state index in [-0.39, 0.29) is 23.3 Å². The number of para-hydroxylation sites is 1. The summed E-state index contributed by atoms with van der Waals surface area (Å²) in [5.74, 6) is 0.352. The van der Waals surface area contributed by atoms with E-state index in [0.29, 0.717) is 18.9 Å². The maximum atomic E-state index is 12.4. The molecule has 0 radical (unpaired) electrons. The van der Waals surface area contributed by atoms with Crippen molar-refractivity contribution in [1.29, 1.82) is 0 Å². The first kappa shape index (κ1) is 24.0. The highest BCUT2D eigenvalue weighted by atomic mass is 32.2. The lowest BCUT2D eigenvalue weighted by atomic mass is 10.3. The Morgan fingerprint density at radius 3 is 2.55 bits per heavy atom. The molecular weight excluding hydrogens is 497 g/mol. The first-order valence-corrected chi connectivity index (χ1v) is 13.4. The van der Waals surface area contributed by atoms with Gasteiger partial charge in [-0.1, -0.05) is 53.9 Å². The van der Waals surface area contributed by atoms with Gasteiger partial charge in [0.05, 0.1) is 34.9 Å². The Labute approximate surface area is 209 Å². The molecular formula is C22H22N4O3S4. The minimum atomic E-state index is -0.105. The number of fused-ring (bicyclic) bond motifs is 1. The Balaban J connectivity index is 1.27. The maximum Gasteiger partial charge on any atom is 0.234 e. The topological polar surface area (TPSA) is 83.6 Å². The molecule has 1 aromatic heterocycles. The normalized spacial score (nSPS) is 13.6. The van der Waals surface area contributed by atoms with E-state index in [0.717, 1.165) is 37.7 Å². The van der Waals surface area contributed by atoms with Gasteiger partial charge in [0.2, 0.25) is 11.8 Å². The molecule has 2 amide bonds. The minimum absolute atomic E-state index is 0.0779. The number of nitrogens with one attached hydrogen (secondary N) is 2. The summed E-state index contributed by atoms with van der Waals surface area (Å²) in [7, 11) is 0. The number of hydrogen-bond donors (Lipinski definition) is 2. The highest BCUT2D eigenvalue weighted by Crippen LogP contribution is 2.31. The van der Waals surface area contributed by atoms with Gasteiger partial charge < -0.3 is 20.3 Å². The molecule has 4 rings (SSSR count). The fraction of sp³-hybridized carbons (Fsp3) is 0.273. The molecule has 1 aliphatic rings. The van der Waals surface area contributed by atoms with Crippen LogP contribution in [0.15, 0.2) is 52.9 Å². The highest BCUT2D eigenvalue weighted by molar-refractivity contribution is 8.23. The number of nitrogens with zero attached hydrogens (tertiary/aromatic N) is 2. The van der Waals surface area contributed by atoms with Crippen molar-refractivity contribution in [2.45, 2.75) is 4.34 Å². The summed E-state index contributed by atoms with van der Waals surface area (Å²) in [6, 6.07) is 15.0. The SMILES string of the molecule is O=C(CSC(=S)N1CCOCC1)Nc1ccc2nc(SCC(=O)Nc3ccccc3)sc2c1. The monoisotopic (exact) mass is 518 g/mol. The lowest BCUT2D eigenvalue weighted by Gasteiger charge is -2.28. The van der Waals surface area contributed by atoms with Crippen molar-refractivity contribution in [3.63, 3.8) is 0 Å². The summed E-state index contributed by atoms with van der Waals surface area (Å²) in [5.41, 5.74) is 2.33. The third kappa shape index (κ3) is 7.15. The van der Waals surface area contributed by atoms with E-state index in [2.05, 4.69) is 20.5 Å². The Morgan fingerprint density at radius 2 is 1.76 bits per heavy atom. The Hall–Kier alpha value is -2.18. The molecule has 1 aliphatic heterocycles. The van der Waals surface area contributed by atoms with Gasteiger partial charge in [-0.15, -0.1) is 11.3 Å². The predicted octanol–water partition coefficient (Wildman–Crippen LogP) is 4.32. The van der Waals surface area contributed by atoms with Gasteiger partial charge in [0.1, 0.15) is 4.32 Å². The van der Waals surface area contributed by atoms with E-state index in [9.17, 15) is 9.59 Å². The number of anilines is 2. The molecule has 2 heterocycles. The van der Waals surface area contributed by atoms with Gasteiger partial charge in [-0.25, -0.2) is 4.98 Å². The summed E-state index contributed by atoms with van der Waals surface area (Å²) >= 11 is 9.68. The van der Waals surface area contributed by atoms with E-state index in [1.54, 1.807) is 0 Å².